The Morgan fingerprint density at radius 3 is 2.09 bits per heavy atom. The number of hydrogen-bond donors (Lipinski definition) is 2. The normalized spacial score (nSPS) is 12.3. The van der Waals surface area contributed by atoms with Crippen LogP contribution in [-0.2, 0) is 14.9 Å². The van der Waals surface area contributed by atoms with E-state index in [2.05, 4.69) is 18.8 Å². The molecule has 0 spiro atoms. The Labute approximate surface area is 157 Å². The molecular weight excluding hydrogens is 313 g/mol. The molecular formula is C15H30NNaO4S. The second-order valence-electron chi connectivity index (χ2n) is 5.42. The Morgan fingerprint density at radius 1 is 1.14 bits per heavy atom. The first kappa shape index (κ1) is 24.4. The van der Waals surface area contributed by atoms with E-state index in [0.717, 1.165) is 25.3 Å². The standard InChI is InChI=1S/C15H29NO4S.Na.H/c1-3-5-6-7-8-9-10-11-12-14(13-21(18,19)20)16-15(17)4-2;;/h4,14H,2-3,5-13H2,1H3,(H,16,17)(H,18,19,20);;. The van der Waals surface area contributed by atoms with E-state index in [1.807, 2.05) is 0 Å². The number of carbonyl (C=O) groups excluding carboxylic acids is 1. The molecule has 0 heterocycles. The third-order valence-electron chi connectivity index (χ3n) is 3.35. The third-order valence-corrected chi connectivity index (χ3v) is 4.17. The van der Waals surface area contributed by atoms with Crippen molar-refractivity contribution in [2.75, 3.05) is 5.75 Å². The molecule has 1 amide bonds. The zero-order valence-corrected chi connectivity index (χ0v) is 13.8. The van der Waals surface area contributed by atoms with Crippen LogP contribution in [0.1, 0.15) is 64.7 Å². The van der Waals surface area contributed by atoms with Crippen LogP contribution in [0.5, 0.6) is 0 Å². The van der Waals surface area contributed by atoms with Crippen molar-refractivity contribution >= 4 is 45.6 Å². The van der Waals surface area contributed by atoms with E-state index in [0.29, 0.717) is 6.42 Å². The molecule has 0 aliphatic carbocycles. The quantitative estimate of drug-likeness (QED) is 0.233. The van der Waals surface area contributed by atoms with Crippen molar-refractivity contribution in [2.24, 2.45) is 0 Å². The summed E-state index contributed by atoms with van der Waals surface area (Å²) in [6, 6.07) is -0.550. The topological polar surface area (TPSA) is 83.5 Å². The molecule has 0 aromatic heterocycles. The summed E-state index contributed by atoms with van der Waals surface area (Å²) in [7, 11) is -4.08. The van der Waals surface area contributed by atoms with E-state index in [4.69, 9.17) is 4.55 Å². The fraction of sp³-hybridized carbons (Fsp3) is 0.800. The Hall–Kier alpha value is 0.120. The molecule has 0 aromatic carbocycles. The Morgan fingerprint density at radius 2 is 1.64 bits per heavy atom. The second kappa shape index (κ2) is 14.7. The fourth-order valence-corrected chi connectivity index (χ4v) is 2.99. The molecule has 5 nitrogen and oxygen atoms in total. The molecule has 126 valence electrons. The first-order valence-electron chi connectivity index (χ1n) is 7.77. The van der Waals surface area contributed by atoms with E-state index in [1.54, 1.807) is 0 Å². The predicted molar refractivity (Wildman–Crippen MR) is 92.9 cm³/mol. The minimum atomic E-state index is -4.08. The molecule has 0 aliphatic heterocycles. The van der Waals surface area contributed by atoms with Gasteiger partial charge in [-0.2, -0.15) is 8.42 Å². The van der Waals surface area contributed by atoms with Crippen LogP contribution in [0.3, 0.4) is 0 Å². The van der Waals surface area contributed by atoms with Gasteiger partial charge in [0, 0.05) is 6.04 Å². The Bertz CT molecular complexity index is 398. The molecule has 0 aliphatic rings. The van der Waals surface area contributed by atoms with E-state index >= 15 is 0 Å². The van der Waals surface area contributed by atoms with Crippen molar-refractivity contribution in [1.82, 2.24) is 5.32 Å². The van der Waals surface area contributed by atoms with Crippen molar-refractivity contribution in [2.45, 2.75) is 70.8 Å². The number of unbranched alkanes of at least 4 members (excludes halogenated alkanes) is 7. The van der Waals surface area contributed by atoms with Crippen molar-refractivity contribution < 1.29 is 17.8 Å². The summed E-state index contributed by atoms with van der Waals surface area (Å²) in [6.07, 6.45) is 10.9. The van der Waals surface area contributed by atoms with Gasteiger partial charge in [0.25, 0.3) is 10.1 Å². The molecule has 22 heavy (non-hydrogen) atoms. The molecule has 0 bridgehead atoms. The molecule has 2 N–H and O–H groups in total. The van der Waals surface area contributed by atoms with Gasteiger partial charge in [-0.25, -0.2) is 0 Å². The molecule has 0 aromatic rings. The number of hydrogen-bond acceptors (Lipinski definition) is 3. The molecule has 0 fully saturated rings. The van der Waals surface area contributed by atoms with Gasteiger partial charge in [0.05, 0.1) is 5.75 Å². The van der Waals surface area contributed by atoms with Gasteiger partial charge in [-0.1, -0.05) is 64.9 Å². The van der Waals surface area contributed by atoms with Crippen molar-refractivity contribution in [3.05, 3.63) is 12.7 Å². The maximum absolute atomic E-state index is 11.2. The summed E-state index contributed by atoms with van der Waals surface area (Å²) in [5.41, 5.74) is 0. The SMILES string of the molecule is C=CC(=O)NC(CCCCCCCCCC)CS(=O)(=O)O.[NaH]. The molecule has 7 heteroatoms. The Balaban J connectivity index is 0. The molecule has 0 saturated carbocycles. The number of nitrogens with one attached hydrogen (secondary N) is 1. The van der Waals surface area contributed by atoms with E-state index < -0.39 is 27.8 Å². The monoisotopic (exact) mass is 343 g/mol. The van der Waals surface area contributed by atoms with Gasteiger partial charge >= 0.3 is 29.6 Å². The molecule has 1 atom stereocenters. The van der Waals surface area contributed by atoms with Crippen LogP contribution in [0.15, 0.2) is 12.7 Å². The summed E-state index contributed by atoms with van der Waals surface area (Å²) in [5, 5.41) is 2.55. The van der Waals surface area contributed by atoms with E-state index in [1.165, 1.54) is 32.1 Å². The molecule has 1 unspecified atom stereocenters. The number of amides is 1. The number of rotatable bonds is 13. The van der Waals surface area contributed by atoms with Gasteiger partial charge in [0.2, 0.25) is 5.91 Å². The average molecular weight is 343 g/mol. The van der Waals surface area contributed by atoms with E-state index in [-0.39, 0.29) is 29.6 Å². The van der Waals surface area contributed by atoms with Crippen molar-refractivity contribution in [3.8, 4) is 0 Å². The van der Waals surface area contributed by atoms with Crippen LogP contribution >= 0.6 is 0 Å². The molecule has 0 saturated heterocycles. The van der Waals surface area contributed by atoms with E-state index in [9.17, 15) is 13.2 Å². The predicted octanol–water partition coefficient (Wildman–Crippen LogP) is 2.43. The van der Waals surface area contributed by atoms with Crippen LogP contribution in [0, 0.1) is 0 Å². The summed E-state index contributed by atoms with van der Waals surface area (Å²) in [4.78, 5) is 11.2. The summed E-state index contributed by atoms with van der Waals surface area (Å²) in [5.74, 6) is -0.855. The van der Waals surface area contributed by atoms with Gasteiger partial charge < -0.3 is 5.32 Å². The van der Waals surface area contributed by atoms with Gasteiger partial charge in [0.1, 0.15) is 0 Å². The van der Waals surface area contributed by atoms with Crippen LogP contribution in [0.2, 0.25) is 0 Å². The van der Waals surface area contributed by atoms with Crippen molar-refractivity contribution in [1.29, 1.82) is 0 Å². The zero-order valence-electron chi connectivity index (χ0n) is 13.0. The second-order valence-corrected chi connectivity index (χ2v) is 6.92. The first-order chi connectivity index (χ1) is 9.89. The summed E-state index contributed by atoms with van der Waals surface area (Å²) < 4.78 is 30.7. The van der Waals surface area contributed by atoms with Crippen LogP contribution in [-0.4, -0.2) is 60.2 Å². The van der Waals surface area contributed by atoms with Gasteiger partial charge in [-0.15, -0.1) is 0 Å². The summed E-state index contributed by atoms with van der Waals surface area (Å²) in [6.45, 7) is 5.52. The fourth-order valence-electron chi connectivity index (χ4n) is 2.24. The third kappa shape index (κ3) is 16.5. The van der Waals surface area contributed by atoms with Crippen LogP contribution in [0.25, 0.3) is 0 Å². The average Bonchev–Trinajstić information content (AvgIpc) is 2.39. The van der Waals surface area contributed by atoms with Crippen LogP contribution < -0.4 is 5.32 Å². The van der Waals surface area contributed by atoms with Gasteiger partial charge in [0.15, 0.2) is 0 Å². The number of carbonyl (C=O) groups is 1. The van der Waals surface area contributed by atoms with Gasteiger partial charge in [-0.05, 0) is 12.5 Å². The zero-order chi connectivity index (χ0) is 16.1. The minimum absolute atomic E-state index is 0. The maximum atomic E-state index is 11.2. The Kier molecular flexibility index (Phi) is 16.3. The summed E-state index contributed by atoms with van der Waals surface area (Å²) >= 11 is 0. The van der Waals surface area contributed by atoms with Crippen LogP contribution in [0.4, 0.5) is 0 Å². The molecule has 0 rings (SSSR count). The first-order valence-corrected chi connectivity index (χ1v) is 9.38. The van der Waals surface area contributed by atoms with Gasteiger partial charge in [-0.3, -0.25) is 9.35 Å². The molecule has 0 radical (unpaired) electrons. The van der Waals surface area contributed by atoms with Crippen molar-refractivity contribution in [3.63, 3.8) is 0 Å².